The molecule has 2 heterocycles. The van der Waals surface area contributed by atoms with Gasteiger partial charge in [0, 0.05) is 32.3 Å². The maximum Gasteiger partial charge on any atom is 0.0710 e. The number of methoxy groups -OCH3 is 1. The second-order valence-electron chi connectivity index (χ2n) is 4.63. The molecule has 0 aromatic rings. The van der Waals surface area contributed by atoms with Crippen molar-refractivity contribution < 1.29 is 4.74 Å². The monoisotopic (exact) mass is 230 g/mol. The van der Waals surface area contributed by atoms with Gasteiger partial charge in [-0.2, -0.15) is 11.8 Å². The highest BCUT2D eigenvalue weighted by molar-refractivity contribution is 7.99. The molecule has 0 bridgehead atoms. The van der Waals surface area contributed by atoms with Crippen molar-refractivity contribution in [3.05, 3.63) is 0 Å². The Labute approximate surface area is 96.7 Å². The van der Waals surface area contributed by atoms with E-state index in [2.05, 4.69) is 16.7 Å². The van der Waals surface area contributed by atoms with Crippen molar-refractivity contribution in [1.82, 2.24) is 4.90 Å². The van der Waals surface area contributed by atoms with E-state index in [-0.39, 0.29) is 0 Å². The topological polar surface area (TPSA) is 38.5 Å². The van der Waals surface area contributed by atoms with Gasteiger partial charge in [0.1, 0.15) is 0 Å². The summed E-state index contributed by atoms with van der Waals surface area (Å²) in [5.41, 5.74) is 6.30. The summed E-state index contributed by atoms with van der Waals surface area (Å²) in [5.74, 6) is 2.54. The molecule has 2 aliphatic rings. The van der Waals surface area contributed by atoms with Gasteiger partial charge >= 0.3 is 0 Å². The second-order valence-corrected chi connectivity index (χ2v) is 5.86. The SMILES string of the molecule is COC1CCN(C2(CN)CCSCC2)C1. The van der Waals surface area contributed by atoms with E-state index in [1.165, 1.54) is 37.3 Å². The first-order valence-electron chi connectivity index (χ1n) is 5.86. The van der Waals surface area contributed by atoms with Crippen LogP contribution in [-0.4, -0.2) is 54.8 Å². The highest BCUT2D eigenvalue weighted by Crippen LogP contribution is 2.34. The van der Waals surface area contributed by atoms with Crippen LogP contribution in [0.3, 0.4) is 0 Å². The van der Waals surface area contributed by atoms with Crippen molar-refractivity contribution in [3.63, 3.8) is 0 Å². The van der Waals surface area contributed by atoms with E-state index >= 15 is 0 Å². The minimum Gasteiger partial charge on any atom is -0.380 e. The fourth-order valence-corrected chi connectivity index (χ4v) is 4.00. The van der Waals surface area contributed by atoms with Gasteiger partial charge in [0.25, 0.3) is 0 Å². The molecule has 2 saturated heterocycles. The summed E-state index contributed by atoms with van der Waals surface area (Å²) in [6.45, 7) is 3.06. The van der Waals surface area contributed by atoms with Crippen LogP contribution in [0.4, 0.5) is 0 Å². The van der Waals surface area contributed by atoms with Gasteiger partial charge in [-0.1, -0.05) is 0 Å². The van der Waals surface area contributed by atoms with Gasteiger partial charge in [0.15, 0.2) is 0 Å². The molecule has 88 valence electrons. The molecule has 1 atom stereocenters. The summed E-state index contributed by atoms with van der Waals surface area (Å²) in [6, 6.07) is 0. The predicted octanol–water partition coefficient (Wildman–Crippen LogP) is 0.932. The largest absolute Gasteiger partial charge is 0.380 e. The molecule has 2 fully saturated rings. The van der Waals surface area contributed by atoms with E-state index in [4.69, 9.17) is 10.5 Å². The van der Waals surface area contributed by atoms with Crippen molar-refractivity contribution >= 4 is 11.8 Å². The first-order valence-corrected chi connectivity index (χ1v) is 7.02. The number of rotatable bonds is 3. The summed E-state index contributed by atoms with van der Waals surface area (Å²) >= 11 is 2.06. The summed E-state index contributed by atoms with van der Waals surface area (Å²) in [7, 11) is 1.82. The number of likely N-dealkylation sites (tertiary alicyclic amines) is 1. The molecule has 15 heavy (non-hydrogen) atoms. The molecule has 0 aliphatic carbocycles. The zero-order valence-electron chi connectivity index (χ0n) is 9.58. The van der Waals surface area contributed by atoms with Crippen LogP contribution in [0.25, 0.3) is 0 Å². The number of nitrogens with two attached hydrogens (primary N) is 1. The third kappa shape index (κ3) is 2.33. The highest BCUT2D eigenvalue weighted by Gasteiger charge is 2.40. The molecule has 2 rings (SSSR count). The zero-order valence-corrected chi connectivity index (χ0v) is 10.4. The van der Waals surface area contributed by atoms with Crippen LogP contribution in [0.1, 0.15) is 19.3 Å². The standard InChI is InChI=1S/C11H22N2OS/c1-14-10-2-5-13(8-10)11(9-12)3-6-15-7-4-11/h10H,2-9,12H2,1H3. The van der Waals surface area contributed by atoms with E-state index in [0.29, 0.717) is 11.6 Å². The number of nitrogens with zero attached hydrogens (tertiary/aromatic N) is 1. The van der Waals surface area contributed by atoms with Crippen molar-refractivity contribution in [1.29, 1.82) is 0 Å². The first kappa shape index (κ1) is 11.7. The lowest BCUT2D eigenvalue weighted by Gasteiger charge is -2.43. The molecule has 0 spiro atoms. The average molecular weight is 230 g/mol. The molecule has 0 saturated carbocycles. The molecule has 2 N–H and O–H groups in total. The molecule has 1 unspecified atom stereocenters. The third-order valence-corrected chi connectivity index (χ3v) is 4.94. The number of thioether (sulfide) groups is 1. The average Bonchev–Trinajstić information content (AvgIpc) is 2.79. The Hall–Kier alpha value is 0.230. The van der Waals surface area contributed by atoms with Crippen LogP contribution in [0.5, 0.6) is 0 Å². The summed E-state index contributed by atoms with van der Waals surface area (Å²) in [6.07, 6.45) is 4.11. The van der Waals surface area contributed by atoms with Crippen molar-refractivity contribution in [3.8, 4) is 0 Å². The molecule has 2 aliphatic heterocycles. The first-order chi connectivity index (χ1) is 7.30. The molecule has 0 amide bonds. The maximum absolute atomic E-state index is 6.01. The van der Waals surface area contributed by atoms with Crippen molar-refractivity contribution in [2.75, 3.05) is 38.2 Å². The highest BCUT2D eigenvalue weighted by atomic mass is 32.2. The van der Waals surface area contributed by atoms with Crippen LogP contribution in [-0.2, 0) is 4.74 Å². The maximum atomic E-state index is 6.01. The number of hydrogen-bond donors (Lipinski definition) is 1. The Kier molecular flexibility index (Phi) is 3.93. The van der Waals surface area contributed by atoms with Gasteiger partial charge in [0.05, 0.1) is 6.10 Å². The Morgan fingerprint density at radius 2 is 2.20 bits per heavy atom. The Morgan fingerprint density at radius 3 is 2.73 bits per heavy atom. The summed E-state index contributed by atoms with van der Waals surface area (Å²) < 4.78 is 5.43. The smallest absolute Gasteiger partial charge is 0.0710 e. The van der Waals surface area contributed by atoms with E-state index < -0.39 is 0 Å². The van der Waals surface area contributed by atoms with Crippen LogP contribution < -0.4 is 5.73 Å². The Morgan fingerprint density at radius 1 is 1.47 bits per heavy atom. The summed E-state index contributed by atoms with van der Waals surface area (Å²) in [5, 5.41) is 0. The fraction of sp³-hybridized carbons (Fsp3) is 1.00. The van der Waals surface area contributed by atoms with Gasteiger partial charge in [-0.05, 0) is 30.8 Å². The van der Waals surface area contributed by atoms with E-state index in [0.717, 1.165) is 13.1 Å². The quantitative estimate of drug-likeness (QED) is 0.783. The normalized spacial score (nSPS) is 32.0. The van der Waals surface area contributed by atoms with Gasteiger partial charge in [-0.15, -0.1) is 0 Å². The second kappa shape index (κ2) is 5.04. The van der Waals surface area contributed by atoms with Gasteiger partial charge in [-0.25, -0.2) is 0 Å². The van der Waals surface area contributed by atoms with Gasteiger partial charge in [-0.3, -0.25) is 4.90 Å². The minimum absolute atomic E-state index is 0.290. The fourth-order valence-electron chi connectivity index (χ4n) is 2.75. The lowest BCUT2D eigenvalue weighted by molar-refractivity contribution is 0.0686. The molecular weight excluding hydrogens is 208 g/mol. The van der Waals surface area contributed by atoms with Gasteiger partial charge in [0.2, 0.25) is 0 Å². The lowest BCUT2D eigenvalue weighted by Crippen LogP contribution is -2.55. The lowest BCUT2D eigenvalue weighted by atomic mass is 9.90. The number of hydrogen-bond acceptors (Lipinski definition) is 4. The van der Waals surface area contributed by atoms with Crippen molar-refractivity contribution in [2.24, 2.45) is 5.73 Å². The molecular formula is C11H22N2OS. The molecule has 0 aromatic carbocycles. The van der Waals surface area contributed by atoms with Crippen LogP contribution in [0, 0.1) is 0 Å². The van der Waals surface area contributed by atoms with E-state index in [9.17, 15) is 0 Å². The Balaban J connectivity index is 1.99. The van der Waals surface area contributed by atoms with Crippen LogP contribution in [0.15, 0.2) is 0 Å². The third-order valence-electron chi connectivity index (χ3n) is 3.95. The van der Waals surface area contributed by atoms with Crippen molar-refractivity contribution in [2.45, 2.75) is 30.9 Å². The molecule has 4 heteroatoms. The molecule has 3 nitrogen and oxygen atoms in total. The molecule has 0 radical (unpaired) electrons. The van der Waals surface area contributed by atoms with Crippen LogP contribution >= 0.6 is 11.8 Å². The molecule has 0 aromatic heterocycles. The van der Waals surface area contributed by atoms with E-state index in [1.807, 2.05) is 7.11 Å². The van der Waals surface area contributed by atoms with E-state index in [1.54, 1.807) is 0 Å². The Bertz CT molecular complexity index is 207. The van der Waals surface area contributed by atoms with Crippen LogP contribution in [0.2, 0.25) is 0 Å². The number of ether oxygens (including phenoxy) is 1. The predicted molar refractivity (Wildman–Crippen MR) is 65.3 cm³/mol. The summed E-state index contributed by atoms with van der Waals surface area (Å²) in [4.78, 5) is 2.58. The minimum atomic E-state index is 0.290. The van der Waals surface area contributed by atoms with Gasteiger partial charge < -0.3 is 10.5 Å². The zero-order chi connectivity index (χ0) is 10.7.